The highest BCUT2D eigenvalue weighted by Gasteiger charge is 2.49. The van der Waals surface area contributed by atoms with Gasteiger partial charge >= 0.3 is 12.1 Å². The molecule has 1 aliphatic carbocycles. The summed E-state index contributed by atoms with van der Waals surface area (Å²) in [6, 6.07) is 6.69. The zero-order valence-corrected chi connectivity index (χ0v) is 15.1. The van der Waals surface area contributed by atoms with Gasteiger partial charge in [0, 0.05) is 5.69 Å². The number of alkyl halides is 3. The van der Waals surface area contributed by atoms with E-state index in [1.165, 1.54) is 18.2 Å². The van der Waals surface area contributed by atoms with E-state index >= 15 is 0 Å². The number of anilines is 1. The van der Waals surface area contributed by atoms with Gasteiger partial charge in [0.15, 0.2) is 0 Å². The molecule has 9 heteroatoms. The topological polar surface area (TPSA) is 88.5 Å². The number of nitrogens with one attached hydrogen (secondary N) is 1. The van der Waals surface area contributed by atoms with Crippen LogP contribution in [0.25, 0.3) is 0 Å². The quantitative estimate of drug-likeness (QED) is 0.804. The zero-order chi connectivity index (χ0) is 20.8. The number of fused-ring (bicyclic) bond motifs is 2. The van der Waals surface area contributed by atoms with Crippen molar-refractivity contribution in [1.82, 2.24) is 4.98 Å². The number of hydrogen-bond donors (Lipinski definition) is 2. The van der Waals surface area contributed by atoms with Crippen LogP contribution in [0.2, 0.25) is 0 Å². The molecule has 2 N–H and O–H groups in total. The Kier molecular flexibility index (Phi) is 4.48. The molecule has 29 heavy (non-hydrogen) atoms. The lowest BCUT2D eigenvalue weighted by molar-refractivity contribution is -0.141. The number of amides is 1. The molecule has 2 aliphatic rings. The number of aromatic carboxylic acids is 1. The molecule has 0 unspecified atom stereocenters. The fourth-order valence-corrected chi connectivity index (χ4v) is 4.05. The first-order chi connectivity index (χ1) is 13.7. The molecule has 1 saturated carbocycles. The molecule has 1 aromatic carbocycles. The van der Waals surface area contributed by atoms with E-state index in [0.717, 1.165) is 12.3 Å². The third-order valence-corrected chi connectivity index (χ3v) is 5.58. The van der Waals surface area contributed by atoms with E-state index in [-0.39, 0.29) is 23.3 Å². The Morgan fingerprint density at radius 1 is 1.21 bits per heavy atom. The fraction of sp³-hybridized carbons (Fsp3) is 0.350. The molecule has 0 bridgehead atoms. The van der Waals surface area contributed by atoms with Gasteiger partial charge in [-0.25, -0.2) is 9.78 Å². The molecule has 2 heterocycles. The lowest BCUT2D eigenvalue weighted by Crippen LogP contribution is -2.41. The van der Waals surface area contributed by atoms with E-state index in [0.29, 0.717) is 36.9 Å². The van der Waals surface area contributed by atoms with Gasteiger partial charge in [0.25, 0.3) is 0 Å². The molecule has 1 aliphatic heterocycles. The SMILES string of the molecule is O=C(O)c1ccc2c(c1)[C@]1(CC[C@@H](Oc3ccc(C(F)(F)F)nc3)CC1)C(=O)N2. The molecule has 2 aromatic rings. The van der Waals surface area contributed by atoms with Crippen LogP contribution >= 0.6 is 0 Å². The number of carbonyl (C=O) groups excluding carboxylic acids is 1. The summed E-state index contributed by atoms with van der Waals surface area (Å²) in [5, 5.41) is 12.1. The van der Waals surface area contributed by atoms with Gasteiger partial charge in [-0.1, -0.05) is 0 Å². The molecule has 0 atom stereocenters. The summed E-state index contributed by atoms with van der Waals surface area (Å²) >= 11 is 0. The van der Waals surface area contributed by atoms with E-state index in [2.05, 4.69) is 10.3 Å². The van der Waals surface area contributed by atoms with Crippen LogP contribution in [0.3, 0.4) is 0 Å². The van der Waals surface area contributed by atoms with Crippen molar-refractivity contribution in [3.8, 4) is 5.75 Å². The van der Waals surface area contributed by atoms with Gasteiger partial charge in [0.05, 0.1) is 23.3 Å². The number of aromatic nitrogens is 1. The van der Waals surface area contributed by atoms with Crippen LogP contribution in [-0.2, 0) is 16.4 Å². The average molecular weight is 406 g/mol. The second-order valence-corrected chi connectivity index (χ2v) is 7.30. The Balaban J connectivity index is 1.48. The standard InChI is InChI=1S/C20H17F3N2O4/c21-20(22,23)16-4-2-13(10-24-16)29-12-5-7-19(8-6-12)14-9-11(17(26)27)1-3-15(14)25-18(19)28/h1-4,9-10,12H,5-8H2,(H,25,28)(H,26,27)/t12-,19-. The molecule has 1 fully saturated rings. The van der Waals surface area contributed by atoms with Gasteiger partial charge < -0.3 is 15.2 Å². The third-order valence-electron chi connectivity index (χ3n) is 5.58. The zero-order valence-electron chi connectivity index (χ0n) is 15.1. The molecule has 152 valence electrons. The van der Waals surface area contributed by atoms with Crippen molar-refractivity contribution in [3.63, 3.8) is 0 Å². The first-order valence-corrected chi connectivity index (χ1v) is 9.08. The number of ether oxygens (including phenoxy) is 1. The molecule has 6 nitrogen and oxygen atoms in total. The average Bonchev–Trinajstić information content (AvgIpc) is 2.94. The van der Waals surface area contributed by atoms with Gasteiger partial charge in [0.1, 0.15) is 11.4 Å². The van der Waals surface area contributed by atoms with Crippen LogP contribution < -0.4 is 10.1 Å². The number of benzene rings is 1. The van der Waals surface area contributed by atoms with E-state index in [1.807, 2.05) is 0 Å². The summed E-state index contributed by atoms with van der Waals surface area (Å²) < 4.78 is 43.6. The summed E-state index contributed by atoms with van der Waals surface area (Å²) in [6.45, 7) is 0. The van der Waals surface area contributed by atoms with Crippen LogP contribution in [0.4, 0.5) is 18.9 Å². The molecule has 1 amide bonds. The van der Waals surface area contributed by atoms with Crippen molar-refractivity contribution in [1.29, 1.82) is 0 Å². The number of carbonyl (C=O) groups is 2. The number of carboxylic acids is 1. The van der Waals surface area contributed by atoms with Crippen molar-refractivity contribution in [3.05, 3.63) is 53.3 Å². The minimum absolute atomic E-state index is 0.119. The first-order valence-electron chi connectivity index (χ1n) is 9.08. The Hall–Kier alpha value is -3.10. The molecule has 0 saturated heterocycles. The van der Waals surface area contributed by atoms with E-state index in [9.17, 15) is 27.9 Å². The Morgan fingerprint density at radius 3 is 2.52 bits per heavy atom. The second-order valence-electron chi connectivity index (χ2n) is 7.30. The summed E-state index contributed by atoms with van der Waals surface area (Å²) in [6.07, 6.45) is -1.81. The molecular formula is C20H17F3N2O4. The van der Waals surface area contributed by atoms with Crippen molar-refractivity contribution in [2.45, 2.75) is 43.4 Å². The van der Waals surface area contributed by atoms with Crippen LogP contribution in [0.1, 0.15) is 47.3 Å². The van der Waals surface area contributed by atoms with Gasteiger partial charge in [-0.2, -0.15) is 13.2 Å². The van der Waals surface area contributed by atoms with Crippen molar-refractivity contribution in [2.75, 3.05) is 5.32 Å². The molecule has 0 radical (unpaired) electrons. The summed E-state index contributed by atoms with van der Waals surface area (Å²) in [5.74, 6) is -0.984. The highest BCUT2D eigenvalue weighted by molar-refractivity contribution is 6.07. The van der Waals surface area contributed by atoms with E-state index < -0.39 is 23.3 Å². The Bertz CT molecular complexity index is 965. The highest BCUT2D eigenvalue weighted by Crippen LogP contribution is 2.48. The maximum absolute atomic E-state index is 12.7. The maximum atomic E-state index is 12.7. The van der Waals surface area contributed by atoms with Crippen molar-refractivity contribution >= 4 is 17.6 Å². The van der Waals surface area contributed by atoms with Crippen LogP contribution in [0.5, 0.6) is 5.75 Å². The summed E-state index contributed by atoms with van der Waals surface area (Å²) in [4.78, 5) is 27.3. The number of carboxylic acid groups (broad SMARTS) is 1. The summed E-state index contributed by atoms with van der Waals surface area (Å²) in [7, 11) is 0. The normalized spacial score (nSPS) is 23.6. The fourth-order valence-electron chi connectivity index (χ4n) is 4.05. The largest absolute Gasteiger partial charge is 0.489 e. The van der Waals surface area contributed by atoms with Gasteiger partial charge in [-0.3, -0.25) is 4.79 Å². The van der Waals surface area contributed by atoms with E-state index in [1.54, 1.807) is 6.07 Å². The second kappa shape index (κ2) is 6.75. The van der Waals surface area contributed by atoms with Crippen molar-refractivity contribution in [2.24, 2.45) is 0 Å². The maximum Gasteiger partial charge on any atom is 0.433 e. The number of rotatable bonds is 3. The smallest absolute Gasteiger partial charge is 0.433 e. The molecule has 1 aromatic heterocycles. The third kappa shape index (κ3) is 3.41. The highest BCUT2D eigenvalue weighted by atomic mass is 19.4. The lowest BCUT2D eigenvalue weighted by Gasteiger charge is -2.35. The summed E-state index contributed by atoms with van der Waals surface area (Å²) in [5.41, 5.74) is -0.378. The molecular weight excluding hydrogens is 389 g/mol. The lowest BCUT2D eigenvalue weighted by atomic mass is 9.69. The monoisotopic (exact) mass is 406 g/mol. The number of halogens is 3. The predicted molar refractivity (Wildman–Crippen MR) is 95.8 cm³/mol. The number of nitrogens with zero attached hydrogens (tertiary/aromatic N) is 1. The first kappa shape index (κ1) is 19.2. The van der Waals surface area contributed by atoms with Crippen LogP contribution in [0, 0.1) is 0 Å². The Morgan fingerprint density at radius 2 is 1.93 bits per heavy atom. The molecule has 1 spiro atoms. The van der Waals surface area contributed by atoms with Crippen LogP contribution in [0.15, 0.2) is 36.5 Å². The van der Waals surface area contributed by atoms with Gasteiger partial charge in [-0.05, 0) is 61.6 Å². The predicted octanol–water partition coefficient (Wildman–Crippen LogP) is 4.01. The number of hydrogen-bond acceptors (Lipinski definition) is 4. The van der Waals surface area contributed by atoms with E-state index in [4.69, 9.17) is 4.74 Å². The molecule has 4 rings (SSSR count). The van der Waals surface area contributed by atoms with Gasteiger partial charge in [0.2, 0.25) is 5.91 Å². The number of pyridine rings is 1. The van der Waals surface area contributed by atoms with Gasteiger partial charge in [-0.15, -0.1) is 0 Å². The Labute approximate surface area is 163 Å². The minimum Gasteiger partial charge on any atom is -0.489 e. The van der Waals surface area contributed by atoms with Crippen LogP contribution in [-0.4, -0.2) is 28.1 Å². The minimum atomic E-state index is -4.51. The van der Waals surface area contributed by atoms with Crippen molar-refractivity contribution < 1.29 is 32.6 Å².